The molecule has 104 valence electrons. The average molecular weight is 291 g/mol. The zero-order valence-corrected chi connectivity index (χ0v) is 11.8. The Morgan fingerprint density at radius 3 is 2.60 bits per heavy atom. The summed E-state index contributed by atoms with van der Waals surface area (Å²) in [5.74, 6) is 0.171. The van der Waals surface area contributed by atoms with Crippen LogP contribution >= 0.6 is 11.6 Å². The van der Waals surface area contributed by atoms with E-state index in [1.807, 2.05) is 12.1 Å². The molecule has 0 radical (unpaired) electrons. The maximum atomic E-state index is 11.3. The Hall–Kier alpha value is -2.20. The van der Waals surface area contributed by atoms with Crippen LogP contribution in [0, 0.1) is 0 Å². The number of carbonyl (C=O) groups excluding carboxylic acids is 1. The molecular weight excluding hydrogens is 276 g/mol. The number of esters is 1. The van der Waals surface area contributed by atoms with Crippen LogP contribution in [-0.4, -0.2) is 5.97 Å². The van der Waals surface area contributed by atoms with E-state index in [-0.39, 0.29) is 5.97 Å². The third-order valence-electron chi connectivity index (χ3n) is 2.65. The van der Waals surface area contributed by atoms with Crippen molar-refractivity contribution in [2.24, 2.45) is 0 Å². The van der Waals surface area contributed by atoms with Gasteiger partial charge in [-0.2, -0.15) is 0 Å². The number of rotatable bonds is 4. The van der Waals surface area contributed by atoms with Crippen molar-refractivity contribution >= 4 is 34.6 Å². The SMILES string of the molecule is CCC(=O)Oc1ccc(Cl)c(Nc2ccc(N)cc2)c1. The van der Waals surface area contributed by atoms with E-state index in [9.17, 15) is 4.79 Å². The molecule has 0 bridgehead atoms. The molecule has 0 aliphatic carbocycles. The summed E-state index contributed by atoms with van der Waals surface area (Å²) in [5.41, 5.74) is 7.83. The predicted molar refractivity (Wildman–Crippen MR) is 81.5 cm³/mol. The van der Waals surface area contributed by atoms with Gasteiger partial charge in [-0.3, -0.25) is 4.79 Å². The van der Waals surface area contributed by atoms with Crippen LogP contribution in [-0.2, 0) is 4.79 Å². The normalized spacial score (nSPS) is 10.1. The summed E-state index contributed by atoms with van der Waals surface area (Å²) in [6, 6.07) is 12.3. The standard InChI is InChI=1S/C15H15ClN2O2/c1-2-15(19)20-12-7-8-13(16)14(9-12)18-11-5-3-10(17)4-6-11/h3-9,18H,2,17H2,1H3. The summed E-state index contributed by atoms with van der Waals surface area (Å²) < 4.78 is 5.16. The summed E-state index contributed by atoms with van der Waals surface area (Å²) in [6.45, 7) is 1.74. The van der Waals surface area contributed by atoms with Gasteiger partial charge in [0.15, 0.2) is 0 Å². The van der Waals surface area contributed by atoms with E-state index >= 15 is 0 Å². The minimum absolute atomic E-state index is 0.286. The molecule has 4 nitrogen and oxygen atoms in total. The van der Waals surface area contributed by atoms with Gasteiger partial charge in [-0.15, -0.1) is 0 Å². The molecule has 0 aliphatic rings. The molecule has 2 rings (SSSR count). The van der Waals surface area contributed by atoms with Gasteiger partial charge in [-0.1, -0.05) is 18.5 Å². The van der Waals surface area contributed by atoms with E-state index in [1.165, 1.54) is 0 Å². The van der Waals surface area contributed by atoms with Crippen molar-refractivity contribution in [1.29, 1.82) is 0 Å². The zero-order valence-electron chi connectivity index (χ0n) is 11.0. The monoisotopic (exact) mass is 290 g/mol. The molecule has 20 heavy (non-hydrogen) atoms. The molecule has 5 heteroatoms. The van der Waals surface area contributed by atoms with Crippen LogP contribution in [0.3, 0.4) is 0 Å². The van der Waals surface area contributed by atoms with Crippen molar-refractivity contribution in [2.45, 2.75) is 13.3 Å². The number of nitrogens with one attached hydrogen (secondary N) is 1. The zero-order chi connectivity index (χ0) is 14.5. The van der Waals surface area contributed by atoms with Gasteiger partial charge in [0.2, 0.25) is 0 Å². The summed E-state index contributed by atoms with van der Waals surface area (Å²) in [6.07, 6.45) is 0.323. The Labute approximate surface area is 122 Å². The lowest BCUT2D eigenvalue weighted by molar-refractivity contribution is -0.134. The van der Waals surface area contributed by atoms with Crippen molar-refractivity contribution in [3.63, 3.8) is 0 Å². The van der Waals surface area contributed by atoms with Gasteiger partial charge in [-0.05, 0) is 36.4 Å². The van der Waals surface area contributed by atoms with Gasteiger partial charge in [-0.25, -0.2) is 0 Å². The molecule has 0 heterocycles. The average Bonchev–Trinajstić information content (AvgIpc) is 2.45. The van der Waals surface area contributed by atoms with Crippen LogP contribution in [0.25, 0.3) is 0 Å². The Bertz CT molecular complexity index is 612. The molecule has 0 saturated heterocycles. The fraction of sp³-hybridized carbons (Fsp3) is 0.133. The quantitative estimate of drug-likeness (QED) is 0.508. The minimum atomic E-state index is -0.286. The van der Waals surface area contributed by atoms with Crippen LogP contribution in [0.15, 0.2) is 42.5 Å². The first-order valence-corrected chi connectivity index (χ1v) is 6.59. The number of halogens is 1. The Balaban J connectivity index is 2.20. The predicted octanol–water partition coefficient (Wildman–Crippen LogP) is 3.98. The fourth-order valence-electron chi connectivity index (χ4n) is 1.59. The van der Waals surface area contributed by atoms with Crippen molar-refractivity contribution in [3.05, 3.63) is 47.5 Å². The van der Waals surface area contributed by atoms with E-state index in [2.05, 4.69) is 5.32 Å². The smallest absolute Gasteiger partial charge is 0.310 e. The summed E-state index contributed by atoms with van der Waals surface area (Å²) >= 11 is 6.12. The first-order valence-electron chi connectivity index (χ1n) is 6.21. The second kappa shape index (κ2) is 6.30. The largest absolute Gasteiger partial charge is 0.426 e. The number of nitrogens with two attached hydrogens (primary N) is 1. The molecule has 0 aliphatic heterocycles. The molecule has 0 aromatic heterocycles. The Morgan fingerprint density at radius 2 is 1.95 bits per heavy atom. The van der Waals surface area contributed by atoms with Crippen molar-refractivity contribution < 1.29 is 9.53 Å². The van der Waals surface area contributed by atoms with Crippen LogP contribution in [0.1, 0.15) is 13.3 Å². The molecule has 0 saturated carbocycles. The van der Waals surface area contributed by atoms with E-state index in [1.54, 1.807) is 37.3 Å². The van der Waals surface area contributed by atoms with Crippen LogP contribution < -0.4 is 15.8 Å². The first kappa shape index (κ1) is 14.2. The highest BCUT2D eigenvalue weighted by Crippen LogP contribution is 2.30. The minimum Gasteiger partial charge on any atom is -0.426 e. The molecule has 2 aromatic carbocycles. The Morgan fingerprint density at radius 1 is 1.25 bits per heavy atom. The molecule has 0 unspecified atom stereocenters. The van der Waals surface area contributed by atoms with Gasteiger partial charge in [0.25, 0.3) is 0 Å². The molecule has 0 spiro atoms. The third-order valence-corrected chi connectivity index (χ3v) is 2.98. The van der Waals surface area contributed by atoms with Crippen molar-refractivity contribution in [3.8, 4) is 5.75 Å². The topological polar surface area (TPSA) is 64.3 Å². The van der Waals surface area contributed by atoms with E-state index < -0.39 is 0 Å². The molecule has 0 amide bonds. The van der Waals surface area contributed by atoms with Crippen LogP contribution in [0.2, 0.25) is 5.02 Å². The molecule has 2 aromatic rings. The lowest BCUT2D eigenvalue weighted by atomic mass is 10.2. The maximum absolute atomic E-state index is 11.3. The van der Waals surface area contributed by atoms with Crippen LogP contribution in [0.5, 0.6) is 5.75 Å². The Kier molecular flexibility index (Phi) is 4.48. The van der Waals surface area contributed by atoms with Gasteiger partial charge in [0.1, 0.15) is 5.75 Å². The molecule has 0 atom stereocenters. The number of hydrogen-bond acceptors (Lipinski definition) is 4. The summed E-state index contributed by atoms with van der Waals surface area (Å²) in [7, 11) is 0. The number of nitrogen functional groups attached to an aromatic ring is 1. The van der Waals surface area contributed by atoms with E-state index in [0.29, 0.717) is 28.6 Å². The van der Waals surface area contributed by atoms with Gasteiger partial charge in [0, 0.05) is 23.9 Å². The van der Waals surface area contributed by atoms with Gasteiger partial charge in [0.05, 0.1) is 10.7 Å². The summed E-state index contributed by atoms with van der Waals surface area (Å²) in [4.78, 5) is 11.3. The third kappa shape index (κ3) is 3.65. The number of ether oxygens (including phenoxy) is 1. The summed E-state index contributed by atoms with van der Waals surface area (Å²) in [5, 5.41) is 3.69. The van der Waals surface area contributed by atoms with Crippen molar-refractivity contribution in [1.82, 2.24) is 0 Å². The van der Waals surface area contributed by atoms with Gasteiger partial charge >= 0.3 is 5.97 Å². The highest BCUT2D eigenvalue weighted by atomic mass is 35.5. The number of benzene rings is 2. The van der Waals surface area contributed by atoms with Gasteiger partial charge < -0.3 is 15.8 Å². The molecule has 3 N–H and O–H groups in total. The van der Waals surface area contributed by atoms with Crippen LogP contribution in [0.4, 0.5) is 17.1 Å². The number of hydrogen-bond donors (Lipinski definition) is 2. The second-order valence-electron chi connectivity index (χ2n) is 4.22. The van der Waals surface area contributed by atoms with Crippen molar-refractivity contribution in [2.75, 3.05) is 11.1 Å². The molecule has 0 fully saturated rings. The first-order chi connectivity index (χ1) is 9.58. The fourth-order valence-corrected chi connectivity index (χ4v) is 1.75. The maximum Gasteiger partial charge on any atom is 0.310 e. The second-order valence-corrected chi connectivity index (χ2v) is 4.62. The number of carbonyl (C=O) groups is 1. The van der Waals surface area contributed by atoms with E-state index in [0.717, 1.165) is 5.69 Å². The van der Waals surface area contributed by atoms with E-state index in [4.69, 9.17) is 22.1 Å². The lowest BCUT2D eigenvalue weighted by Crippen LogP contribution is -2.05. The lowest BCUT2D eigenvalue weighted by Gasteiger charge is -2.11. The highest BCUT2D eigenvalue weighted by molar-refractivity contribution is 6.33. The number of anilines is 3. The highest BCUT2D eigenvalue weighted by Gasteiger charge is 2.06. The molecular formula is C15H15ClN2O2.